The Hall–Kier alpha value is -2.33. The maximum atomic E-state index is 13.2. The Labute approximate surface area is 248 Å². The van der Waals surface area contributed by atoms with Gasteiger partial charge in [-0.3, -0.25) is 14.5 Å². The molecule has 1 saturated carbocycles. The highest BCUT2D eigenvalue weighted by Crippen LogP contribution is 2.37. The van der Waals surface area contributed by atoms with E-state index in [1.165, 1.54) is 4.90 Å². The van der Waals surface area contributed by atoms with Crippen molar-refractivity contribution in [2.24, 2.45) is 5.92 Å². The third kappa shape index (κ3) is 7.19. The summed E-state index contributed by atoms with van der Waals surface area (Å²) in [6.07, 6.45) is -0.167. The van der Waals surface area contributed by atoms with Crippen molar-refractivity contribution < 1.29 is 27.9 Å². The molecule has 1 aliphatic carbocycles. The van der Waals surface area contributed by atoms with Gasteiger partial charge in [-0.2, -0.15) is 13.2 Å². The zero-order chi connectivity index (χ0) is 29.3. The molecule has 6 nitrogen and oxygen atoms in total. The van der Waals surface area contributed by atoms with Crippen molar-refractivity contribution in [1.82, 2.24) is 14.7 Å². The van der Waals surface area contributed by atoms with Gasteiger partial charge in [0, 0.05) is 60.3 Å². The molecular formula is C30H34Cl2F3N3O3. The number of halogens is 5. The van der Waals surface area contributed by atoms with Crippen LogP contribution in [0.4, 0.5) is 13.2 Å². The minimum absolute atomic E-state index is 0.129. The Morgan fingerprint density at radius 3 is 2.07 bits per heavy atom. The van der Waals surface area contributed by atoms with Crippen LogP contribution in [0.2, 0.25) is 10.0 Å². The fourth-order valence-electron chi connectivity index (χ4n) is 6.25. The molecule has 0 radical (unpaired) electrons. The first kappa shape index (κ1) is 30.1. The molecule has 2 aromatic carbocycles. The lowest BCUT2D eigenvalue weighted by Gasteiger charge is -2.35. The summed E-state index contributed by atoms with van der Waals surface area (Å²) in [5.41, 5.74) is 2.80. The molecule has 2 aliphatic heterocycles. The monoisotopic (exact) mass is 611 g/mol. The molecule has 0 bridgehead atoms. The molecule has 0 spiro atoms. The number of carbonyl (C=O) groups is 2. The molecule has 2 heterocycles. The van der Waals surface area contributed by atoms with E-state index in [0.29, 0.717) is 28.6 Å². The minimum Gasteiger partial charge on any atom is -0.393 e. The van der Waals surface area contributed by atoms with E-state index >= 15 is 0 Å². The number of rotatable bonds is 6. The fourth-order valence-corrected chi connectivity index (χ4v) is 6.89. The molecular weight excluding hydrogens is 578 g/mol. The van der Waals surface area contributed by atoms with Gasteiger partial charge in [0.1, 0.15) is 0 Å². The standard InChI is InChI=1S/C30H34Cl2F3N3O3/c31-26-16-22(17-27(32)25(26)15-21-9-10-38(29(21)41)23-5-7-24(39)8-6-23)19-1-3-20(4-2-19)28(40)37-13-11-36(12-14-37)18-30(33,34)35/h1-4,16-17,21,23-24,39H,5-15,18H2. The summed E-state index contributed by atoms with van der Waals surface area (Å²) >= 11 is 13.3. The van der Waals surface area contributed by atoms with Crippen LogP contribution < -0.4 is 0 Å². The third-order valence-corrected chi connectivity index (χ3v) is 9.25. The van der Waals surface area contributed by atoms with Crippen molar-refractivity contribution in [3.63, 3.8) is 0 Å². The average molecular weight is 613 g/mol. The summed E-state index contributed by atoms with van der Waals surface area (Å²) in [5.74, 6) is -0.262. The fraction of sp³-hybridized carbons (Fsp3) is 0.533. The second-order valence-electron chi connectivity index (χ2n) is 11.4. The highest BCUT2D eigenvalue weighted by atomic mass is 35.5. The van der Waals surface area contributed by atoms with Gasteiger partial charge < -0.3 is 14.9 Å². The van der Waals surface area contributed by atoms with E-state index in [0.717, 1.165) is 48.8 Å². The van der Waals surface area contributed by atoms with Gasteiger partial charge in [-0.05, 0) is 79.5 Å². The van der Waals surface area contributed by atoms with Crippen molar-refractivity contribution in [3.05, 3.63) is 57.6 Å². The first-order valence-electron chi connectivity index (χ1n) is 14.1. The Bertz CT molecular complexity index is 1230. The number of benzene rings is 2. The number of carbonyl (C=O) groups excluding carboxylic acids is 2. The average Bonchev–Trinajstić information content (AvgIpc) is 3.30. The van der Waals surface area contributed by atoms with E-state index in [2.05, 4.69) is 0 Å². The molecule has 5 rings (SSSR count). The van der Waals surface area contributed by atoms with E-state index in [4.69, 9.17) is 23.2 Å². The second kappa shape index (κ2) is 12.5. The number of nitrogens with zero attached hydrogens (tertiary/aromatic N) is 3. The van der Waals surface area contributed by atoms with Crippen molar-refractivity contribution in [1.29, 1.82) is 0 Å². The molecule has 41 heavy (non-hydrogen) atoms. The van der Waals surface area contributed by atoms with E-state index in [9.17, 15) is 27.9 Å². The molecule has 222 valence electrons. The van der Waals surface area contributed by atoms with E-state index in [1.807, 2.05) is 17.0 Å². The van der Waals surface area contributed by atoms with Crippen LogP contribution in [0.5, 0.6) is 0 Å². The number of alkyl halides is 3. The molecule has 1 atom stereocenters. The normalized spacial score (nSPS) is 24.2. The Balaban J connectivity index is 1.20. The van der Waals surface area contributed by atoms with Gasteiger partial charge in [0.15, 0.2) is 0 Å². The number of likely N-dealkylation sites (tertiary alicyclic amines) is 1. The van der Waals surface area contributed by atoms with Crippen molar-refractivity contribution >= 4 is 35.0 Å². The van der Waals surface area contributed by atoms with Crippen LogP contribution >= 0.6 is 23.2 Å². The van der Waals surface area contributed by atoms with Crippen LogP contribution in [0.15, 0.2) is 36.4 Å². The molecule has 2 amide bonds. The first-order chi connectivity index (χ1) is 19.5. The lowest BCUT2D eigenvalue weighted by molar-refractivity contribution is -0.148. The maximum absolute atomic E-state index is 13.2. The van der Waals surface area contributed by atoms with Gasteiger partial charge in [0.2, 0.25) is 5.91 Å². The molecule has 11 heteroatoms. The zero-order valence-corrected chi connectivity index (χ0v) is 24.2. The van der Waals surface area contributed by atoms with Crippen LogP contribution in [0, 0.1) is 5.92 Å². The molecule has 0 aromatic heterocycles. The Morgan fingerprint density at radius 1 is 0.878 bits per heavy atom. The first-order valence-corrected chi connectivity index (χ1v) is 14.9. The SMILES string of the molecule is O=C(c1ccc(-c2cc(Cl)c(CC3CCN(C4CCC(O)CC4)C3=O)c(Cl)c2)cc1)N1CCN(CC(F)(F)F)CC1. The van der Waals surface area contributed by atoms with Crippen LogP contribution in [-0.4, -0.2) is 89.2 Å². The summed E-state index contributed by atoms with van der Waals surface area (Å²) in [6.45, 7) is 0.605. The largest absolute Gasteiger partial charge is 0.401 e. The summed E-state index contributed by atoms with van der Waals surface area (Å²) in [7, 11) is 0. The minimum atomic E-state index is -4.25. The summed E-state index contributed by atoms with van der Waals surface area (Å²) in [4.78, 5) is 31.0. The lowest BCUT2D eigenvalue weighted by atomic mass is 9.92. The molecule has 1 unspecified atom stereocenters. The summed E-state index contributed by atoms with van der Waals surface area (Å²) in [5, 5.41) is 10.8. The smallest absolute Gasteiger partial charge is 0.393 e. The number of hydrogen-bond donors (Lipinski definition) is 1. The van der Waals surface area contributed by atoms with Gasteiger partial charge in [-0.25, -0.2) is 0 Å². The van der Waals surface area contributed by atoms with Crippen LogP contribution in [0.25, 0.3) is 11.1 Å². The Morgan fingerprint density at radius 2 is 1.49 bits per heavy atom. The highest BCUT2D eigenvalue weighted by Gasteiger charge is 2.38. The number of aliphatic hydroxyl groups excluding tert-OH is 1. The zero-order valence-electron chi connectivity index (χ0n) is 22.7. The Kier molecular flexibility index (Phi) is 9.19. The summed E-state index contributed by atoms with van der Waals surface area (Å²) in [6, 6.07) is 10.8. The number of amides is 2. The number of hydrogen-bond acceptors (Lipinski definition) is 4. The van der Waals surface area contributed by atoms with Crippen molar-refractivity contribution in [2.45, 2.75) is 56.8 Å². The van der Waals surface area contributed by atoms with Crippen molar-refractivity contribution in [2.75, 3.05) is 39.3 Å². The number of piperazine rings is 1. The molecule has 2 aromatic rings. The van der Waals surface area contributed by atoms with Crippen LogP contribution in [0.3, 0.4) is 0 Å². The van der Waals surface area contributed by atoms with E-state index in [-0.39, 0.29) is 56.1 Å². The number of aliphatic hydroxyl groups is 1. The molecule has 3 fully saturated rings. The molecule has 1 N–H and O–H groups in total. The van der Waals surface area contributed by atoms with Gasteiger partial charge in [0.25, 0.3) is 5.91 Å². The topological polar surface area (TPSA) is 64.1 Å². The lowest BCUT2D eigenvalue weighted by Crippen LogP contribution is -2.50. The van der Waals surface area contributed by atoms with E-state index in [1.54, 1.807) is 29.2 Å². The van der Waals surface area contributed by atoms with Crippen molar-refractivity contribution in [3.8, 4) is 11.1 Å². The maximum Gasteiger partial charge on any atom is 0.401 e. The van der Waals surface area contributed by atoms with Crippen LogP contribution in [-0.2, 0) is 11.2 Å². The predicted octanol–water partition coefficient (Wildman–Crippen LogP) is 5.68. The molecule has 2 saturated heterocycles. The van der Waals surface area contributed by atoms with Gasteiger partial charge in [-0.15, -0.1) is 0 Å². The van der Waals surface area contributed by atoms with Gasteiger partial charge in [0.05, 0.1) is 12.6 Å². The second-order valence-corrected chi connectivity index (χ2v) is 12.2. The third-order valence-electron chi connectivity index (χ3n) is 8.58. The predicted molar refractivity (Wildman–Crippen MR) is 152 cm³/mol. The quantitative estimate of drug-likeness (QED) is 0.457. The molecule has 3 aliphatic rings. The van der Waals surface area contributed by atoms with Gasteiger partial charge >= 0.3 is 6.18 Å². The van der Waals surface area contributed by atoms with Gasteiger partial charge in [-0.1, -0.05) is 35.3 Å². The van der Waals surface area contributed by atoms with E-state index < -0.39 is 12.7 Å². The highest BCUT2D eigenvalue weighted by molar-refractivity contribution is 6.36. The van der Waals surface area contributed by atoms with Crippen LogP contribution in [0.1, 0.15) is 48.0 Å². The summed E-state index contributed by atoms with van der Waals surface area (Å²) < 4.78 is 37.9.